The minimum Gasteiger partial charge on any atom is -0.462 e. The Morgan fingerprint density at radius 2 is 1.76 bits per heavy atom. The average molecular weight is 294 g/mol. The monoisotopic (exact) mass is 294 g/mol. The maximum absolute atomic E-state index is 12.0. The van der Waals surface area contributed by atoms with E-state index in [1.807, 2.05) is 0 Å². The molecule has 0 unspecified atom stereocenters. The van der Waals surface area contributed by atoms with Gasteiger partial charge in [-0.3, -0.25) is 4.79 Å². The lowest BCUT2D eigenvalue weighted by atomic mass is 10.1. The number of nitrogens with one attached hydrogen (secondary N) is 2. The van der Waals surface area contributed by atoms with Gasteiger partial charge in [-0.25, -0.2) is 9.59 Å². The summed E-state index contributed by atoms with van der Waals surface area (Å²) in [6.07, 6.45) is 1.45. The molecule has 114 valence electrons. The minimum atomic E-state index is -0.844. The zero-order valence-corrected chi connectivity index (χ0v) is 12.2. The first-order valence-corrected chi connectivity index (χ1v) is 6.51. The highest BCUT2D eigenvalue weighted by Crippen LogP contribution is 2.15. The van der Waals surface area contributed by atoms with Gasteiger partial charge in [0.05, 0.1) is 24.5 Å². The molecule has 0 saturated carbocycles. The SMILES string of the molecule is CCOC(=O)C(C(=O)OCC)=C(NC)c1ccc[nH]c1=O. The predicted octanol–water partition coefficient (Wildman–Crippen LogP) is 0.432. The van der Waals surface area contributed by atoms with Crippen molar-refractivity contribution in [2.24, 2.45) is 0 Å². The smallest absolute Gasteiger partial charge is 0.347 e. The zero-order chi connectivity index (χ0) is 15.8. The maximum atomic E-state index is 12.0. The van der Waals surface area contributed by atoms with Crippen molar-refractivity contribution in [1.82, 2.24) is 10.3 Å². The fraction of sp³-hybridized carbons (Fsp3) is 0.357. The number of esters is 2. The van der Waals surface area contributed by atoms with Crippen LogP contribution >= 0.6 is 0 Å². The molecule has 1 heterocycles. The summed E-state index contributed by atoms with van der Waals surface area (Å²) in [5.41, 5.74) is -0.560. The van der Waals surface area contributed by atoms with E-state index in [0.29, 0.717) is 0 Å². The molecule has 0 fully saturated rings. The number of carbonyl (C=O) groups excluding carboxylic acids is 2. The molecule has 1 rings (SSSR count). The van der Waals surface area contributed by atoms with Gasteiger partial charge in [0.1, 0.15) is 0 Å². The van der Waals surface area contributed by atoms with E-state index in [1.165, 1.54) is 19.3 Å². The number of rotatable bonds is 6. The first-order chi connectivity index (χ1) is 10.1. The molecule has 0 aliphatic rings. The Morgan fingerprint density at radius 3 is 2.19 bits per heavy atom. The second-order valence-corrected chi connectivity index (χ2v) is 3.85. The second-order valence-electron chi connectivity index (χ2n) is 3.85. The molecule has 0 spiro atoms. The molecule has 0 amide bonds. The fourth-order valence-electron chi connectivity index (χ4n) is 1.71. The number of carbonyl (C=O) groups is 2. The van der Waals surface area contributed by atoms with Crippen LogP contribution in [-0.2, 0) is 19.1 Å². The van der Waals surface area contributed by atoms with E-state index in [2.05, 4.69) is 10.3 Å². The predicted molar refractivity (Wildman–Crippen MR) is 76.3 cm³/mol. The van der Waals surface area contributed by atoms with E-state index >= 15 is 0 Å². The van der Waals surface area contributed by atoms with Crippen molar-refractivity contribution in [2.45, 2.75) is 13.8 Å². The molecule has 0 saturated heterocycles. The maximum Gasteiger partial charge on any atom is 0.347 e. The van der Waals surface area contributed by atoms with Crippen LogP contribution in [0, 0.1) is 0 Å². The van der Waals surface area contributed by atoms with E-state index < -0.39 is 17.5 Å². The van der Waals surface area contributed by atoms with E-state index in [9.17, 15) is 14.4 Å². The van der Waals surface area contributed by atoms with Crippen LogP contribution < -0.4 is 10.9 Å². The summed E-state index contributed by atoms with van der Waals surface area (Å²) in [7, 11) is 1.50. The average Bonchev–Trinajstić information content (AvgIpc) is 2.46. The molecule has 1 aromatic heterocycles. The summed E-state index contributed by atoms with van der Waals surface area (Å²) >= 11 is 0. The third-order valence-corrected chi connectivity index (χ3v) is 2.55. The van der Waals surface area contributed by atoms with Gasteiger partial charge in [-0.2, -0.15) is 0 Å². The van der Waals surface area contributed by atoms with Gasteiger partial charge in [0, 0.05) is 13.2 Å². The summed E-state index contributed by atoms with van der Waals surface area (Å²) in [6, 6.07) is 3.07. The van der Waals surface area contributed by atoms with E-state index in [0.717, 1.165) is 0 Å². The van der Waals surface area contributed by atoms with Crippen molar-refractivity contribution >= 4 is 17.6 Å². The number of H-pyrrole nitrogens is 1. The summed E-state index contributed by atoms with van der Waals surface area (Å²) < 4.78 is 9.73. The van der Waals surface area contributed by atoms with Crippen LogP contribution in [0.25, 0.3) is 5.70 Å². The topological polar surface area (TPSA) is 97.5 Å². The fourth-order valence-corrected chi connectivity index (χ4v) is 1.71. The Labute approximate surface area is 122 Å². The Morgan fingerprint density at radius 1 is 1.19 bits per heavy atom. The van der Waals surface area contributed by atoms with Gasteiger partial charge in [-0.15, -0.1) is 0 Å². The van der Waals surface area contributed by atoms with Crippen LogP contribution in [-0.4, -0.2) is 37.2 Å². The molecule has 7 heteroatoms. The Kier molecular flexibility index (Phi) is 6.19. The molecule has 7 nitrogen and oxygen atoms in total. The molecule has 0 aromatic carbocycles. The number of aromatic amines is 1. The highest BCUT2D eigenvalue weighted by molar-refractivity contribution is 6.19. The van der Waals surface area contributed by atoms with E-state index in [1.54, 1.807) is 19.9 Å². The molecule has 0 bridgehead atoms. The summed E-state index contributed by atoms with van der Waals surface area (Å²) in [4.78, 5) is 38.4. The van der Waals surface area contributed by atoms with Crippen molar-refractivity contribution < 1.29 is 19.1 Å². The Hall–Kier alpha value is -2.57. The van der Waals surface area contributed by atoms with Crippen LogP contribution in [0.4, 0.5) is 0 Å². The van der Waals surface area contributed by atoms with E-state index in [-0.39, 0.29) is 30.0 Å². The summed E-state index contributed by atoms with van der Waals surface area (Å²) in [5, 5.41) is 2.70. The van der Waals surface area contributed by atoms with Crippen LogP contribution in [0.5, 0.6) is 0 Å². The van der Waals surface area contributed by atoms with Crippen LogP contribution in [0.2, 0.25) is 0 Å². The molecule has 0 aliphatic heterocycles. The van der Waals surface area contributed by atoms with Gasteiger partial charge in [-0.1, -0.05) is 0 Å². The number of pyridine rings is 1. The minimum absolute atomic E-state index is 0.0637. The molecule has 2 N–H and O–H groups in total. The molecular formula is C14H18N2O5. The van der Waals surface area contributed by atoms with Gasteiger partial charge >= 0.3 is 11.9 Å². The van der Waals surface area contributed by atoms with Gasteiger partial charge in [0.25, 0.3) is 5.56 Å². The lowest BCUT2D eigenvalue weighted by molar-refractivity contribution is -0.146. The van der Waals surface area contributed by atoms with Crippen molar-refractivity contribution in [3.63, 3.8) is 0 Å². The largest absolute Gasteiger partial charge is 0.462 e. The highest BCUT2D eigenvalue weighted by Gasteiger charge is 2.27. The van der Waals surface area contributed by atoms with Gasteiger partial charge < -0.3 is 19.8 Å². The molecular weight excluding hydrogens is 276 g/mol. The number of aromatic nitrogens is 1. The molecule has 21 heavy (non-hydrogen) atoms. The van der Waals surface area contributed by atoms with Gasteiger partial charge in [-0.05, 0) is 26.0 Å². The van der Waals surface area contributed by atoms with Crippen molar-refractivity contribution in [1.29, 1.82) is 0 Å². The van der Waals surface area contributed by atoms with Gasteiger partial charge in [0.2, 0.25) is 0 Å². The molecule has 0 aliphatic carbocycles. The third-order valence-electron chi connectivity index (χ3n) is 2.55. The van der Waals surface area contributed by atoms with Crippen molar-refractivity contribution in [3.05, 3.63) is 39.8 Å². The van der Waals surface area contributed by atoms with Crippen molar-refractivity contribution in [2.75, 3.05) is 20.3 Å². The van der Waals surface area contributed by atoms with Crippen LogP contribution in [0.1, 0.15) is 19.4 Å². The second kappa shape index (κ2) is 7.88. The Bertz CT molecular complexity index is 583. The number of ether oxygens (including phenoxy) is 2. The quantitative estimate of drug-likeness (QED) is 0.342. The van der Waals surface area contributed by atoms with Crippen LogP contribution in [0.3, 0.4) is 0 Å². The highest BCUT2D eigenvalue weighted by atomic mass is 16.6. The van der Waals surface area contributed by atoms with Crippen LogP contribution in [0.15, 0.2) is 28.7 Å². The zero-order valence-electron chi connectivity index (χ0n) is 12.2. The van der Waals surface area contributed by atoms with E-state index in [4.69, 9.17) is 9.47 Å². The number of hydrogen-bond donors (Lipinski definition) is 2. The number of hydrogen-bond acceptors (Lipinski definition) is 6. The normalized spacial score (nSPS) is 9.67. The summed E-state index contributed by atoms with van der Waals surface area (Å²) in [6.45, 7) is 3.44. The first kappa shape index (κ1) is 16.5. The molecule has 0 radical (unpaired) electrons. The lowest BCUT2D eigenvalue weighted by Gasteiger charge is -2.13. The van der Waals surface area contributed by atoms with Crippen molar-refractivity contribution in [3.8, 4) is 0 Å². The standard InChI is InChI=1S/C14H18N2O5/c1-4-20-13(18)10(14(19)21-5-2)11(15-3)9-7-6-8-16-12(9)17/h6-8,15H,4-5H2,1-3H3,(H,16,17). The Balaban J connectivity index is 3.48. The summed E-state index contributed by atoms with van der Waals surface area (Å²) in [5.74, 6) is -1.69. The molecule has 0 atom stereocenters. The first-order valence-electron chi connectivity index (χ1n) is 6.51. The third kappa shape index (κ3) is 3.95. The lowest BCUT2D eigenvalue weighted by Crippen LogP contribution is -2.26. The van der Waals surface area contributed by atoms with Gasteiger partial charge in [0.15, 0.2) is 5.57 Å². The molecule has 1 aromatic rings.